The van der Waals surface area contributed by atoms with Gasteiger partial charge in [0.25, 0.3) is 5.91 Å². The summed E-state index contributed by atoms with van der Waals surface area (Å²) < 4.78 is 5.33. The molecule has 5 nitrogen and oxygen atoms in total. The van der Waals surface area contributed by atoms with Crippen LogP contribution in [0.5, 0.6) is 5.75 Å². The second-order valence-electron chi connectivity index (χ2n) is 6.32. The van der Waals surface area contributed by atoms with E-state index in [0.717, 1.165) is 16.2 Å². The number of carbonyl (C=O) groups excluding carboxylic acids is 1. The van der Waals surface area contributed by atoms with E-state index in [-0.39, 0.29) is 5.91 Å². The number of carbonyl (C=O) groups is 1. The van der Waals surface area contributed by atoms with Gasteiger partial charge in [0.15, 0.2) is 0 Å². The minimum Gasteiger partial charge on any atom is -0.496 e. The lowest BCUT2D eigenvalue weighted by Crippen LogP contribution is -2.28. The van der Waals surface area contributed by atoms with Crippen molar-refractivity contribution in [1.82, 2.24) is 10.3 Å². The maximum Gasteiger partial charge on any atom is 0.254 e. The quantitative estimate of drug-likeness (QED) is 0.543. The Balaban J connectivity index is 1.79. The van der Waals surface area contributed by atoms with Crippen LogP contribution in [0.1, 0.15) is 22.0 Å². The number of nitriles is 1. The van der Waals surface area contributed by atoms with E-state index in [4.69, 9.17) is 4.74 Å². The Morgan fingerprint density at radius 3 is 2.64 bits per heavy atom. The van der Waals surface area contributed by atoms with E-state index in [1.54, 1.807) is 24.4 Å². The number of ether oxygens (including phenoxy) is 1. The molecule has 136 valence electrons. The summed E-state index contributed by atoms with van der Waals surface area (Å²) in [6.07, 6.45) is 1.66. The summed E-state index contributed by atoms with van der Waals surface area (Å²) in [5, 5.41) is 15.3. The molecule has 28 heavy (non-hydrogen) atoms. The number of fused-ring (bicyclic) bond motifs is 3. The average molecular weight is 367 g/mol. The molecule has 3 aromatic carbocycles. The minimum atomic E-state index is -0.839. The summed E-state index contributed by atoms with van der Waals surface area (Å²) in [4.78, 5) is 17.5. The molecular formula is C23H17N3O2. The molecule has 0 bridgehead atoms. The number of pyridine rings is 1. The van der Waals surface area contributed by atoms with E-state index in [1.807, 2.05) is 48.5 Å². The molecule has 4 aromatic rings. The molecule has 0 aliphatic carbocycles. The van der Waals surface area contributed by atoms with Gasteiger partial charge < -0.3 is 10.1 Å². The van der Waals surface area contributed by atoms with Crippen LogP contribution in [0.25, 0.3) is 21.7 Å². The predicted octanol–water partition coefficient (Wildman–Crippen LogP) is 4.39. The van der Waals surface area contributed by atoms with Crippen molar-refractivity contribution in [3.05, 3.63) is 84.1 Å². The Morgan fingerprint density at radius 2 is 1.82 bits per heavy atom. The second-order valence-corrected chi connectivity index (χ2v) is 6.32. The summed E-state index contributed by atoms with van der Waals surface area (Å²) in [6, 6.07) is 21.9. The van der Waals surface area contributed by atoms with Gasteiger partial charge in [0.1, 0.15) is 11.8 Å². The molecule has 0 saturated carbocycles. The van der Waals surface area contributed by atoms with Crippen molar-refractivity contribution in [2.24, 2.45) is 0 Å². The number of nitrogens with one attached hydrogen (secondary N) is 1. The number of rotatable bonds is 4. The van der Waals surface area contributed by atoms with Crippen LogP contribution in [0, 0.1) is 11.3 Å². The standard InChI is InChI=1S/C23H17N3O2/c1-28-21-11-5-4-9-18(21)20(14-24)26-23(27)19-13-15-7-2-3-8-16(15)17-10-6-12-25-22(17)19/h2-13,20H,1H3,(H,26,27)/t20-/m0/s1. The maximum atomic E-state index is 13.1. The molecule has 1 N–H and O–H groups in total. The predicted molar refractivity (Wildman–Crippen MR) is 108 cm³/mol. The maximum absolute atomic E-state index is 13.1. The van der Waals surface area contributed by atoms with Gasteiger partial charge in [0.2, 0.25) is 0 Å². The van der Waals surface area contributed by atoms with Crippen molar-refractivity contribution in [3.8, 4) is 11.8 Å². The lowest BCUT2D eigenvalue weighted by molar-refractivity contribution is 0.0946. The number of benzene rings is 3. The number of hydrogen-bond acceptors (Lipinski definition) is 4. The molecule has 1 aromatic heterocycles. The number of amides is 1. The number of methoxy groups -OCH3 is 1. The van der Waals surface area contributed by atoms with Gasteiger partial charge in [-0.2, -0.15) is 5.26 Å². The van der Waals surface area contributed by atoms with Crippen LogP contribution in [-0.2, 0) is 0 Å². The molecule has 0 aliphatic rings. The van der Waals surface area contributed by atoms with Crippen LogP contribution in [0.4, 0.5) is 0 Å². The monoisotopic (exact) mass is 367 g/mol. The third-order valence-corrected chi connectivity index (χ3v) is 4.71. The van der Waals surface area contributed by atoms with Crippen LogP contribution in [0.15, 0.2) is 72.9 Å². The first-order valence-corrected chi connectivity index (χ1v) is 8.83. The third-order valence-electron chi connectivity index (χ3n) is 4.71. The Hall–Kier alpha value is -3.91. The molecule has 0 unspecified atom stereocenters. The largest absolute Gasteiger partial charge is 0.496 e. The normalized spacial score (nSPS) is 11.7. The SMILES string of the molecule is COc1ccccc1[C@H](C#N)NC(=O)c1cc2ccccc2c2cccnc12. The van der Waals surface area contributed by atoms with Gasteiger partial charge in [-0.25, -0.2) is 0 Å². The van der Waals surface area contributed by atoms with Crippen LogP contribution >= 0.6 is 0 Å². The third kappa shape index (κ3) is 3.01. The van der Waals surface area contributed by atoms with Crippen molar-refractivity contribution < 1.29 is 9.53 Å². The second kappa shape index (κ2) is 7.37. The van der Waals surface area contributed by atoms with E-state index in [0.29, 0.717) is 22.4 Å². The van der Waals surface area contributed by atoms with Crippen molar-refractivity contribution in [3.63, 3.8) is 0 Å². The fourth-order valence-electron chi connectivity index (χ4n) is 3.40. The zero-order valence-electron chi connectivity index (χ0n) is 15.2. The highest BCUT2D eigenvalue weighted by Crippen LogP contribution is 2.29. The molecule has 0 aliphatic heterocycles. The van der Waals surface area contributed by atoms with Crippen molar-refractivity contribution in [1.29, 1.82) is 5.26 Å². The molecule has 1 amide bonds. The van der Waals surface area contributed by atoms with E-state index < -0.39 is 6.04 Å². The lowest BCUT2D eigenvalue weighted by atomic mass is 9.99. The Labute approximate surface area is 162 Å². The van der Waals surface area contributed by atoms with Crippen LogP contribution < -0.4 is 10.1 Å². The number of para-hydroxylation sites is 1. The summed E-state index contributed by atoms with van der Waals surface area (Å²) in [5.74, 6) is 0.197. The zero-order chi connectivity index (χ0) is 19.5. The van der Waals surface area contributed by atoms with Gasteiger partial charge in [0.05, 0.1) is 24.3 Å². The highest BCUT2D eigenvalue weighted by Gasteiger charge is 2.21. The minimum absolute atomic E-state index is 0.355. The smallest absolute Gasteiger partial charge is 0.254 e. The van der Waals surface area contributed by atoms with Crippen LogP contribution in [0.3, 0.4) is 0 Å². The molecule has 1 heterocycles. The number of nitrogens with zero attached hydrogens (tertiary/aromatic N) is 2. The lowest BCUT2D eigenvalue weighted by Gasteiger charge is -2.16. The summed E-state index contributed by atoms with van der Waals surface area (Å²) >= 11 is 0. The molecule has 0 radical (unpaired) electrons. The topological polar surface area (TPSA) is 75.0 Å². The zero-order valence-corrected chi connectivity index (χ0v) is 15.2. The van der Waals surface area contributed by atoms with Crippen LogP contribution in [0.2, 0.25) is 0 Å². The van der Waals surface area contributed by atoms with Gasteiger partial charge in [-0.15, -0.1) is 0 Å². The summed E-state index contributed by atoms with van der Waals surface area (Å²) in [5.41, 5.74) is 1.65. The van der Waals surface area contributed by atoms with E-state index >= 15 is 0 Å². The Kier molecular flexibility index (Phi) is 4.61. The number of hydrogen-bond donors (Lipinski definition) is 1. The van der Waals surface area contributed by atoms with Crippen molar-refractivity contribution in [2.45, 2.75) is 6.04 Å². The summed E-state index contributed by atoms with van der Waals surface area (Å²) in [6.45, 7) is 0. The van der Waals surface area contributed by atoms with Gasteiger partial charge in [-0.3, -0.25) is 9.78 Å². The van der Waals surface area contributed by atoms with Gasteiger partial charge in [-0.05, 0) is 29.0 Å². The highest BCUT2D eigenvalue weighted by molar-refractivity contribution is 6.15. The van der Waals surface area contributed by atoms with Crippen molar-refractivity contribution in [2.75, 3.05) is 7.11 Å². The summed E-state index contributed by atoms with van der Waals surface area (Å²) in [7, 11) is 1.54. The first-order valence-electron chi connectivity index (χ1n) is 8.83. The van der Waals surface area contributed by atoms with Gasteiger partial charge in [0, 0.05) is 17.1 Å². The number of aromatic nitrogens is 1. The average Bonchev–Trinajstić information content (AvgIpc) is 2.76. The molecule has 0 fully saturated rings. The molecule has 4 rings (SSSR count). The fraction of sp³-hybridized carbons (Fsp3) is 0.0870. The Morgan fingerprint density at radius 1 is 1.07 bits per heavy atom. The van der Waals surface area contributed by atoms with Gasteiger partial charge in [-0.1, -0.05) is 48.5 Å². The molecule has 1 atom stereocenters. The fourth-order valence-corrected chi connectivity index (χ4v) is 3.40. The highest BCUT2D eigenvalue weighted by atomic mass is 16.5. The molecular weight excluding hydrogens is 350 g/mol. The van der Waals surface area contributed by atoms with Crippen LogP contribution in [-0.4, -0.2) is 18.0 Å². The Bertz CT molecular complexity index is 1230. The van der Waals surface area contributed by atoms with Crippen molar-refractivity contribution >= 4 is 27.6 Å². The molecule has 0 spiro atoms. The first kappa shape index (κ1) is 17.5. The van der Waals surface area contributed by atoms with E-state index in [9.17, 15) is 10.1 Å². The molecule has 5 heteroatoms. The van der Waals surface area contributed by atoms with Gasteiger partial charge >= 0.3 is 0 Å². The van der Waals surface area contributed by atoms with E-state index in [2.05, 4.69) is 16.4 Å². The first-order chi connectivity index (χ1) is 13.7. The molecule has 0 saturated heterocycles. The van der Waals surface area contributed by atoms with E-state index in [1.165, 1.54) is 7.11 Å².